The molecule has 5 heterocycles. The predicted octanol–water partition coefficient (Wildman–Crippen LogP) is 3.51. The highest BCUT2D eigenvalue weighted by molar-refractivity contribution is 6.06. The van der Waals surface area contributed by atoms with Crippen molar-refractivity contribution in [3.05, 3.63) is 43.0 Å². The third kappa shape index (κ3) is 4.57. The fourth-order valence-corrected chi connectivity index (χ4v) is 5.67. The van der Waals surface area contributed by atoms with Gasteiger partial charge in [0.25, 0.3) is 0 Å². The van der Waals surface area contributed by atoms with Crippen LogP contribution in [0.25, 0.3) is 21.9 Å². The highest BCUT2D eigenvalue weighted by Gasteiger charge is 2.25. The molecule has 0 aromatic carbocycles. The molecule has 2 fully saturated rings. The number of rotatable bonds is 5. The summed E-state index contributed by atoms with van der Waals surface area (Å²) in [5.41, 5.74) is 3.05. The summed E-state index contributed by atoms with van der Waals surface area (Å²) in [6.07, 6.45) is 12.3. The first-order valence-electron chi connectivity index (χ1n) is 13.1. The molecule has 2 N–H and O–H groups in total. The zero-order chi connectivity index (χ0) is 25.4. The molecule has 10 nitrogen and oxygen atoms in total. The van der Waals surface area contributed by atoms with E-state index < -0.39 is 6.61 Å². The van der Waals surface area contributed by atoms with E-state index in [2.05, 4.69) is 42.7 Å². The van der Waals surface area contributed by atoms with Crippen LogP contribution in [0.3, 0.4) is 0 Å². The molecule has 4 aromatic heterocycles. The average Bonchev–Trinajstić information content (AvgIpc) is 3.27. The first-order chi connectivity index (χ1) is 18.1. The quantitative estimate of drug-likeness (QED) is 0.428. The Labute approximate surface area is 215 Å². The van der Waals surface area contributed by atoms with E-state index in [0.29, 0.717) is 44.0 Å². The molecule has 0 unspecified atom stereocenters. The number of carbonyl (C=O) groups excluding carboxylic acids is 1. The molecule has 2 aliphatic rings. The lowest BCUT2D eigenvalue weighted by Gasteiger charge is -2.35. The molecular formula is C27H32N8O2. The second-order valence-corrected chi connectivity index (χ2v) is 10.2. The van der Waals surface area contributed by atoms with Crippen LogP contribution in [0.1, 0.15) is 38.6 Å². The molecule has 0 spiro atoms. The average molecular weight is 501 g/mol. The van der Waals surface area contributed by atoms with Gasteiger partial charge in [-0.25, -0.2) is 9.97 Å². The van der Waals surface area contributed by atoms with E-state index in [1.54, 1.807) is 4.90 Å². The summed E-state index contributed by atoms with van der Waals surface area (Å²) in [5, 5.41) is 14.5. The number of fused-ring (bicyclic) bond motifs is 3. The van der Waals surface area contributed by atoms with Gasteiger partial charge in [0, 0.05) is 55.4 Å². The summed E-state index contributed by atoms with van der Waals surface area (Å²) >= 11 is 0. The van der Waals surface area contributed by atoms with Crippen molar-refractivity contribution in [1.29, 1.82) is 0 Å². The fraction of sp³-hybridized carbons (Fsp3) is 0.444. The third-order valence-corrected chi connectivity index (χ3v) is 7.82. The number of nitrogens with zero attached hydrogens (tertiary/aromatic N) is 7. The molecule has 1 saturated heterocycles. The molecule has 4 aromatic rings. The van der Waals surface area contributed by atoms with Crippen LogP contribution < -0.4 is 10.2 Å². The van der Waals surface area contributed by atoms with Gasteiger partial charge in [0.15, 0.2) is 0 Å². The van der Waals surface area contributed by atoms with Crippen LogP contribution in [-0.4, -0.2) is 73.2 Å². The van der Waals surface area contributed by atoms with Gasteiger partial charge >= 0.3 is 0 Å². The van der Waals surface area contributed by atoms with Crippen LogP contribution in [0.4, 0.5) is 17.5 Å². The SMILES string of the molecule is C[C@H]1CC[C@H](n2c3cnccc3c3cnc(Nc4ccc(N5CCN(C(=O)CO)CC5)cn4)nc32)CC1. The van der Waals surface area contributed by atoms with Crippen LogP contribution in [0.2, 0.25) is 0 Å². The maximum atomic E-state index is 11.7. The first-order valence-corrected chi connectivity index (χ1v) is 13.1. The van der Waals surface area contributed by atoms with Crippen LogP contribution >= 0.6 is 0 Å². The minimum Gasteiger partial charge on any atom is -0.387 e. The fourth-order valence-electron chi connectivity index (χ4n) is 5.67. The minimum atomic E-state index is -0.437. The summed E-state index contributed by atoms with van der Waals surface area (Å²) in [7, 11) is 0. The summed E-state index contributed by atoms with van der Waals surface area (Å²) in [5.74, 6) is 1.75. The summed E-state index contributed by atoms with van der Waals surface area (Å²) < 4.78 is 2.37. The Morgan fingerprint density at radius 1 is 1.00 bits per heavy atom. The van der Waals surface area contributed by atoms with Crippen molar-refractivity contribution >= 4 is 45.3 Å². The number of pyridine rings is 2. The number of nitrogens with one attached hydrogen (secondary N) is 1. The van der Waals surface area contributed by atoms with Gasteiger partial charge in [-0.1, -0.05) is 6.92 Å². The van der Waals surface area contributed by atoms with Crippen molar-refractivity contribution in [2.24, 2.45) is 5.92 Å². The predicted molar refractivity (Wildman–Crippen MR) is 143 cm³/mol. The molecule has 1 saturated carbocycles. The third-order valence-electron chi connectivity index (χ3n) is 7.82. The maximum Gasteiger partial charge on any atom is 0.248 e. The van der Waals surface area contributed by atoms with Gasteiger partial charge in [-0.2, -0.15) is 4.98 Å². The summed E-state index contributed by atoms with van der Waals surface area (Å²) in [4.78, 5) is 34.1. The van der Waals surface area contributed by atoms with Crippen LogP contribution in [0.5, 0.6) is 0 Å². The van der Waals surface area contributed by atoms with E-state index in [-0.39, 0.29) is 5.91 Å². The largest absolute Gasteiger partial charge is 0.387 e. The van der Waals surface area contributed by atoms with Crippen LogP contribution in [0.15, 0.2) is 43.0 Å². The molecule has 0 bridgehead atoms. The van der Waals surface area contributed by atoms with Gasteiger partial charge in [-0.05, 0) is 49.8 Å². The number of hydrogen-bond donors (Lipinski definition) is 2. The number of aliphatic hydroxyl groups is 1. The number of aliphatic hydroxyl groups excluding tert-OH is 1. The number of aromatic nitrogens is 5. The molecule has 1 aliphatic heterocycles. The molecule has 0 atom stereocenters. The second-order valence-electron chi connectivity index (χ2n) is 10.2. The van der Waals surface area contributed by atoms with Crippen molar-refractivity contribution in [2.45, 2.75) is 38.6 Å². The van der Waals surface area contributed by atoms with Gasteiger partial charge in [0.05, 0.1) is 23.6 Å². The van der Waals surface area contributed by atoms with Crippen molar-refractivity contribution in [1.82, 2.24) is 29.4 Å². The Morgan fingerprint density at radius 2 is 1.81 bits per heavy atom. The van der Waals surface area contributed by atoms with E-state index >= 15 is 0 Å². The summed E-state index contributed by atoms with van der Waals surface area (Å²) in [6, 6.07) is 6.41. The Balaban J connectivity index is 1.23. The lowest BCUT2D eigenvalue weighted by atomic mass is 9.87. The van der Waals surface area contributed by atoms with Gasteiger partial charge in [-0.15, -0.1) is 0 Å². The first kappa shape index (κ1) is 23.6. The van der Waals surface area contributed by atoms with Crippen molar-refractivity contribution < 1.29 is 9.90 Å². The van der Waals surface area contributed by atoms with E-state index in [0.717, 1.165) is 46.4 Å². The zero-order valence-corrected chi connectivity index (χ0v) is 21.0. The minimum absolute atomic E-state index is 0.220. The summed E-state index contributed by atoms with van der Waals surface area (Å²) in [6.45, 7) is 4.50. The Morgan fingerprint density at radius 3 is 2.54 bits per heavy atom. The van der Waals surface area contributed by atoms with Crippen molar-refractivity contribution in [3.8, 4) is 0 Å². The Kier molecular flexibility index (Phi) is 6.33. The van der Waals surface area contributed by atoms with Gasteiger partial charge in [0.1, 0.15) is 18.1 Å². The van der Waals surface area contributed by atoms with E-state index in [9.17, 15) is 4.79 Å². The molecule has 37 heavy (non-hydrogen) atoms. The molecule has 1 amide bonds. The lowest BCUT2D eigenvalue weighted by molar-refractivity contribution is -0.134. The molecule has 6 rings (SSSR count). The van der Waals surface area contributed by atoms with Crippen LogP contribution in [0, 0.1) is 5.92 Å². The van der Waals surface area contributed by atoms with Crippen LogP contribution in [-0.2, 0) is 4.79 Å². The van der Waals surface area contributed by atoms with Gasteiger partial charge in [0.2, 0.25) is 11.9 Å². The normalized spacial score (nSPS) is 20.5. The van der Waals surface area contributed by atoms with Crippen molar-refractivity contribution in [2.75, 3.05) is 43.0 Å². The maximum absolute atomic E-state index is 11.7. The Bertz CT molecular complexity index is 1400. The number of anilines is 3. The molecule has 1 aliphatic carbocycles. The Hall–Kier alpha value is -3.79. The second kappa shape index (κ2) is 9.93. The van der Waals surface area contributed by atoms with Crippen molar-refractivity contribution in [3.63, 3.8) is 0 Å². The molecule has 0 radical (unpaired) electrons. The van der Waals surface area contributed by atoms with E-state index in [1.807, 2.05) is 36.9 Å². The highest BCUT2D eigenvalue weighted by atomic mass is 16.3. The molecule has 192 valence electrons. The topological polar surface area (TPSA) is 112 Å². The van der Waals surface area contributed by atoms with E-state index in [1.165, 1.54) is 12.8 Å². The van der Waals surface area contributed by atoms with Gasteiger partial charge < -0.3 is 24.8 Å². The molecule has 10 heteroatoms. The number of hydrogen-bond acceptors (Lipinski definition) is 8. The number of amides is 1. The highest BCUT2D eigenvalue weighted by Crippen LogP contribution is 2.38. The van der Waals surface area contributed by atoms with E-state index in [4.69, 9.17) is 10.1 Å². The standard InChI is InChI=1S/C27H32N8O2/c1-18-2-4-19(5-3-18)35-23-16-28-9-8-21(23)22-15-30-27(32-26(22)35)31-24-7-6-20(14-29-24)33-10-12-34(13-11-33)25(37)17-36/h6-9,14-16,18-19,36H,2-5,10-13,17H2,1H3,(H,29,30,31,32)/t18-,19-. The number of carbonyl (C=O) groups is 1. The number of piperazine rings is 1. The monoisotopic (exact) mass is 500 g/mol. The zero-order valence-electron chi connectivity index (χ0n) is 21.0. The lowest BCUT2D eigenvalue weighted by Crippen LogP contribution is -2.49. The molecular weight excluding hydrogens is 468 g/mol. The smallest absolute Gasteiger partial charge is 0.248 e. The van der Waals surface area contributed by atoms with Gasteiger partial charge in [-0.3, -0.25) is 9.78 Å².